The smallest absolute Gasteiger partial charge is 0.115 e. The summed E-state index contributed by atoms with van der Waals surface area (Å²) in [5, 5.41) is 9.93. The second-order valence-corrected chi connectivity index (χ2v) is 6.40. The minimum Gasteiger partial charge on any atom is -0.245 e. The van der Waals surface area contributed by atoms with E-state index >= 15 is 0 Å². The van der Waals surface area contributed by atoms with Crippen LogP contribution >= 0.6 is 11.8 Å². The summed E-state index contributed by atoms with van der Waals surface area (Å²) in [6, 6.07) is 4.18. The quantitative estimate of drug-likeness (QED) is 0.680. The van der Waals surface area contributed by atoms with Gasteiger partial charge in [0.25, 0.3) is 0 Å². The molecule has 80 valence electrons. The van der Waals surface area contributed by atoms with Crippen LogP contribution in [0.4, 0.5) is 0 Å². The predicted molar refractivity (Wildman–Crippen MR) is 64.0 cm³/mol. The van der Waals surface area contributed by atoms with Crippen molar-refractivity contribution in [3.05, 3.63) is 22.9 Å². The van der Waals surface area contributed by atoms with Crippen molar-refractivity contribution >= 4 is 11.8 Å². The highest BCUT2D eigenvalue weighted by atomic mass is 32.2. The first-order chi connectivity index (χ1) is 6.83. The van der Waals surface area contributed by atoms with Gasteiger partial charge in [0, 0.05) is 10.4 Å². The Kier molecular flexibility index (Phi) is 3.41. The van der Waals surface area contributed by atoms with E-state index in [0.29, 0.717) is 5.56 Å². The SMILES string of the molecule is Cc1cc(C)c(C#N)c(SC(C)(C)C)n1. The molecule has 0 aliphatic carbocycles. The maximum absolute atomic E-state index is 9.08. The topological polar surface area (TPSA) is 36.7 Å². The first kappa shape index (κ1) is 12.1. The van der Waals surface area contributed by atoms with Crippen molar-refractivity contribution in [1.29, 1.82) is 5.26 Å². The highest BCUT2D eigenvalue weighted by Gasteiger charge is 2.17. The van der Waals surface area contributed by atoms with Gasteiger partial charge in [0.2, 0.25) is 0 Å². The van der Waals surface area contributed by atoms with Crippen LogP contribution in [0.3, 0.4) is 0 Å². The molecule has 1 aromatic rings. The minimum absolute atomic E-state index is 0.0822. The van der Waals surface area contributed by atoms with E-state index < -0.39 is 0 Å². The molecular formula is C12H16N2S. The molecule has 2 nitrogen and oxygen atoms in total. The average Bonchev–Trinajstić information content (AvgIpc) is 1.99. The first-order valence-corrected chi connectivity index (χ1v) is 5.72. The standard InChI is InChI=1S/C12H16N2S/c1-8-6-9(2)14-11(10(8)7-13)15-12(3,4)5/h6H,1-5H3. The predicted octanol–water partition coefficient (Wildman–Crippen LogP) is 3.46. The van der Waals surface area contributed by atoms with Crippen molar-refractivity contribution in [1.82, 2.24) is 4.98 Å². The Labute approximate surface area is 95.7 Å². The van der Waals surface area contributed by atoms with E-state index in [2.05, 4.69) is 31.8 Å². The van der Waals surface area contributed by atoms with Crippen LogP contribution in [0.15, 0.2) is 11.1 Å². The molecule has 0 atom stereocenters. The molecule has 0 N–H and O–H groups in total. The molecule has 1 aromatic heterocycles. The van der Waals surface area contributed by atoms with E-state index in [-0.39, 0.29) is 4.75 Å². The average molecular weight is 220 g/mol. The number of pyridine rings is 1. The summed E-state index contributed by atoms with van der Waals surface area (Å²) in [5.41, 5.74) is 2.69. The van der Waals surface area contributed by atoms with Crippen LogP contribution in [0.2, 0.25) is 0 Å². The monoisotopic (exact) mass is 220 g/mol. The van der Waals surface area contributed by atoms with Crippen molar-refractivity contribution < 1.29 is 0 Å². The molecular weight excluding hydrogens is 204 g/mol. The largest absolute Gasteiger partial charge is 0.245 e. The van der Waals surface area contributed by atoms with Gasteiger partial charge in [-0.1, -0.05) is 32.5 Å². The van der Waals surface area contributed by atoms with Gasteiger partial charge >= 0.3 is 0 Å². The lowest BCUT2D eigenvalue weighted by molar-refractivity contribution is 0.797. The Morgan fingerprint density at radius 1 is 1.33 bits per heavy atom. The van der Waals surface area contributed by atoms with Gasteiger partial charge in [-0.15, -0.1) is 0 Å². The van der Waals surface area contributed by atoms with Crippen molar-refractivity contribution in [2.45, 2.75) is 44.4 Å². The third-order valence-corrected chi connectivity index (χ3v) is 2.93. The van der Waals surface area contributed by atoms with Gasteiger partial charge in [-0.05, 0) is 25.5 Å². The fourth-order valence-electron chi connectivity index (χ4n) is 1.30. The number of nitrogens with zero attached hydrogens (tertiary/aromatic N) is 2. The summed E-state index contributed by atoms with van der Waals surface area (Å²) in [4.78, 5) is 4.43. The van der Waals surface area contributed by atoms with E-state index in [1.54, 1.807) is 11.8 Å². The van der Waals surface area contributed by atoms with Crippen LogP contribution in [0, 0.1) is 25.2 Å². The zero-order valence-corrected chi connectivity index (χ0v) is 10.7. The number of rotatable bonds is 1. The minimum atomic E-state index is 0.0822. The van der Waals surface area contributed by atoms with E-state index in [4.69, 9.17) is 5.26 Å². The lowest BCUT2D eigenvalue weighted by atomic mass is 10.1. The van der Waals surface area contributed by atoms with Crippen LogP contribution in [-0.2, 0) is 0 Å². The fourth-order valence-corrected chi connectivity index (χ4v) is 2.38. The second kappa shape index (κ2) is 4.24. The lowest BCUT2D eigenvalue weighted by Gasteiger charge is -2.18. The Balaban J connectivity index is 3.23. The maximum Gasteiger partial charge on any atom is 0.115 e. The van der Waals surface area contributed by atoms with E-state index in [1.165, 1.54) is 0 Å². The first-order valence-electron chi connectivity index (χ1n) is 4.91. The van der Waals surface area contributed by atoms with E-state index in [1.807, 2.05) is 19.9 Å². The molecule has 0 saturated heterocycles. The summed E-state index contributed by atoms with van der Waals surface area (Å²) in [7, 11) is 0. The van der Waals surface area contributed by atoms with E-state index in [9.17, 15) is 0 Å². The summed E-state index contributed by atoms with van der Waals surface area (Å²) in [5.74, 6) is 0. The maximum atomic E-state index is 9.08. The Bertz CT molecular complexity index is 411. The van der Waals surface area contributed by atoms with Gasteiger partial charge in [-0.2, -0.15) is 5.26 Å². The van der Waals surface area contributed by atoms with Gasteiger partial charge in [0.1, 0.15) is 11.1 Å². The molecule has 1 heterocycles. The van der Waals surface area contributed by atoms with Crippen molar-refractivity contribution in [2.75, 3.05) is 0 Å². The molecule has 0 spiro atoms. The normalized spacial score (nSPS) is 11.2. The molecule has 15 heavy (non-hydrogen) atoms. The Morgan fingerprint density at radius 2 is 1.93 bits per heavy atom. The summed E-state index contributed by atoms with van der Waals surface area (Å²) in [6.07, 6.45) is 0. The van der Waals surface area contributed by atoms with Gasteiger partial charge in [-0.25, -0.2) is 4.98 Å². The van der Waals surface area contributed by atoms with Crippen LogP contribution in [0.5, 0.6) is 0 Å². The molecule has 0 radical (unpaired) electrons. The summed E-state index contributed by atoms with van der Waals surface area (Å²) < 4.78 is 0.0822. The molecule has 0 aliphatic heterocycles. The highest BCUT2D eigenvalue weighted by Crippen LogP contribution is 2.33. The van der Waals surface area contributed by atoms with Crippen molar-refractivity contribution in [3.63, 3.8) is 0 Å². The molecule has 0 unspecified atom stereocenters. The van der Waals surface area contributed by atoms with Crippen LogP contribution in [-0.4, -0.2) is 9.73 Å². The Hall–Kier alpha value is -1.01. The molecule has 1 rings (SSSR count). The summed E-state index contributed by atoms with van der Waals surface area (Å²) in [6.45, 7) is 10.3. The number of aromatic nitrogens is 1. The highest BCUT2D eigenvalue weighted by molar-refractivity contribution is 8.00. The van der Waals surface area contributed by atoms with Gasteiger partial charge < -0.3 is 0 Å². The summed E-state index contributed by atoms with van der Waals surface area (Å²) >= 11 is 1.65. The molecule has 0 amide bonds. The zero-order chi connectivity index (χ0) is 11.6. The molecule has 0 aliphatic rings. The number of thioether (sulfide) groups is 1. The number of hydrogen-bond donors (Lipinski definition) is 0. The van der Waals surface area contributed by atoms with Gasteiger partial charge in [-0.3, -0.25) is 0 Å². The molecule has 0 saturated carbocycles. The molecule has 0 bridgehead atoms. The van der Waals surface area contributed by atoms with Crippen molar-refractivity contribution in [3.8, 4) is 6.07 Å². The fraction of sp³-hybridized carbons (Fsp3) is 0.500. The van der Waals surface area contributed by atoms with Gasteiger partial charge in [0.05, 0.1) is 5.56 Å². The number of aryl methyl sites for hydroxylation is 2. The number of nitriles is 1. The third kappa shape index (κ3) is 3.24. The molecule has 0 aromatic carbocycles. The third-order valence-electron chi connectivity index (χ3n) is 1.83. The van der Waals surface area contributed by atoms with E-state index in [0.717, 1.165) is 16.3 Å². The second-order valence-electron chi connectivity index (χ2n) is 4.59. The van der Waals surface area contributed by atoms with Crippen LogP contribution in [0.25, 0.3) is 0 Å². The molecule has 0 fully saturated rings. The zero-order valence-electron chi connectivity index (χ0n) is 9.88. The number of hydrogen-bond acceptors (Lipinski definition) is 3. The molecule has 3 heteroatoms. The van der Waals surface area contributed by atoms with Crippen molar-refractivity contribution in [2.24, 2.45) is 0 Å². The van der Waals surface area contributed by atoms with Crippen LogP contribution in [0.1, 0.15) is 37.6 Å². The van der Waals surface area contributed by atoms with Gasteiger partial charge in [0.15, 0.2) is 0 Å². The Morgan fingerprint density at radius 3 is 2.40 bits per heavy atom. The van der Waals surface area contributed by atoms with Crippen LogP contribution < -0.4 is 0 Å². The lowest BCUT2D eigenvalue weighted by Crippen LogP contribution is -2.09.